The number of aliphatic hydroxyl groups excluding tert-OH is 2. The maximum Gasteiger partial charge on any atom is 0.335 e. The lowest BCUT2D eigenvalue weighted by Crippen LogP contribution is -2.61. The number of rotatable bonds is 46. The Morgan fingerprint density at radius 1 is 0.478 bits per heavy atom. The molecule has 67 heavy (non-hydrogen) atoms. The first-order valence-corrected chi connectivity index (χ1v) is 27.3. The number of hydrogen-bond acceptors (Lipinski definition) is 11. The molecule has 0 aliphatic carbocycles. The molecule has 1 fully saturated rings. The van der Waals surface area contributed by atoms with Crippen molar-refractivity contribution < 1.29 is 58.2 Å². The number of carboxylic acids is 1. The number of aliphatic carboxylic acids is 1. The minimum atomic E-state index is -1.90. The number of hydrogen-bond donors (Lipinski definition) is 3. The number of esters is 3. The van der Waals surface area contributed by atoms with E-state index in [1.165, 1.54) is 89.9 Å². The number of carbonyl (C=O) groups is 4. The summed E-state index contributed by atoms with van der Waals surface area (Å²) in [6.07, 6.45) is 36.0. The Balaban J connectivity index is 2.71. The molecule has 0 saturated carbocycles. The van der Waals surface area contributed by atoms with Crippen molar-refractivity contribution in [3.63, 3.8) is 0 Å². The Bertz CT molecular complexity index is 1270. The van der Waals surface area contributed by atoms with Crippen LogP contribution in [0.4, 0.5) is 0 Å². The highest BCUT2D eigenvalue weighted by Crippen LogP contribution is 2.26. The van der Waals surface area contributed by atoms with Crippen LogP contribution in [-0.4, -0.2) is 89.2 Å². The molecular formula is C55H98O12. The summed E-state index contributed by atoms with van der Waals surface area (Å²) in [6.45, 7) is 5.92. The molecule has 0 aromatic carbocycles. The molecule has 12 nitrogen and oxygen atoms in total. The number of carbonyl (C=O) groups excluding carboxylic acids is 3. The second kappa shape index (κ2) is 44.4. The summed E-state index contributed by atoms with van der Waals surface area (Å²) >= 11 is 0. The van der Waals surface area contributed by atoms with Gasteiger partial charge in [0.1, 0.15) is 18.8 Å². The second-order valence-corrected chi connectivity index (χ2v) is 18.9. The molecule has 0 bridgehead atoms. The van der Waals surface area contributed by atoms with E-state index in [1.807, 2.05) is 0 Å². The standard InChI is InChI=1S/C55H98O12/c1-4-7-10-13-16-19-21-23-24-26-27-30-32-35-38-41-47(56)63-44-46(65-48(57)42-39-36-34-31-28-25-22-20-17-14-11-8-5-2)45-64-55-53(51(60)50(59)52(67-55)54(61)62)66-49(58)43-40-37-33-29-18-15-12-9-6-3/h20,22-24,46,50-53,55,59-60H,4-19,21,25-45H2,1-3H3,(H,61,62)/b22-20-,24-23-. The molecule has 1 saturated heterocycles. The highest BCUT2D eigenvalue weighted by molar-refractivity contribution is 5.74. The Hall–Kier alpha value is -2.80. The number of allylic oxidation sites excluding steroid dienone is 4. The number of carboxylic acid groups (broad SMARTS) is 1. The molecule has 1 heterocycles. The summed E-state index contributed by atoms with van der Waals surface area (Å²) in [4.78, 5) is 50.8. The lowest BCUT2D eigenvalue weighted by atomic mass is 9.98. The third-order valence-electron chi connectivity index (χ3n) is 12.5. The zero-order valence-corrected chi connectivity index (χ0v) is 42.7. The van der Waals surface area contributed by atoms with Crippen LogP contribution in [0.15, 0.2) is 24.3 Å². The van der Waals surface area contributed by atoms with Crippen molar-refractivity contribution in [1.82, 2.24) is 0 Å². The first kappa shape index (κ1) is 62.2. The predicted octanol–water partition coefficient (Wildman–Crippen LogP) is 13.1. The van der Waals surface area contributed by atoms with Gasteiger partial charge in [0.15, 0.2) is 24.6 Å². The van der Waals surface area contributed by atoms with Gasteiger partial charge in [0.25, 0.3) is 0 Å². The summed E-state index contributed by atoms with van der Waals surface area (Å²) in [7, 11) is 0. The summed E-state index contributed by atoms with van der Waals surface area (Å²) in [5, 5.41) is 31.3. The normalized spacial score (nSPS) is 19.0. The van der Waals surface area contributed by atoms with Crippen LogP contribution in [0.1, 0.15) is 252 Å². The number of ether oxygens (including phenoxy) is 5. The SMILES string of the molecule is CCCCCC/C=C\CCCCCCCC(=O)OC(COC(=O)CCCCCCC/C=C\CCCCCCCC)COC1OC(C(=O)O)C(O)C(O)C1OC(=O)CCCCCCCCCCC. The molecular weight excluding hydrogens is 853 g/mol. The fraction of sp³-hybridized carbons (Fsp3) is 0.855. The van der Waals surface area contributed by atoms with Crippen LogP contribution >= 0.6 is 0 Å². The molecule has 0 spiro atoms. The van der Waals surface area contributed by atoms with Crippen LogP contribution < -0.4 is 0 Å². The Morgan fingerprint density at radius 2 is 0.851 bits per heavy atom. The molecule has 6 unspecified atom stereocenters. The summed E-state index contributed by atoms with van der Waals surface area (Å²) in [6, 6.07) is 0. The van der Waals surface area contributed by atoms with Gasteiger partial charge in [-0.3, -0.25) is 14.4 Å². The first-order chi connectivity index (χ1) is 32.6. The largest absolute Gasteiger partial charge is 0.479 e. The Morgan fingerprint density at radius 3 is 1.28 bits per heavy atom. The molecule has 3 N–H and O–H groups in total. The van der Waals surface area contributed by atoms with Gasteiger partial charge in [-0.25, -0.2) is 4.79 Å². The molecule has 6 atom stereocenters. The predicted molar refractivity (Wildman–Crippen MR) is 266 cm³/mol. The first-order valence-electron chi connectivity index (χ1n) is 27.3. The van der Waals surface area contributed by atoms with E-state index in [-0.39, 0.29) is 25.9 Å². The zero-order chi connectivity index (χ0) is 49.0. The number of aliphatic hydroxyl groups is 2. The van der Waals surface area contributed by atoms with Crippen LogP contribution in [0.3, 0.4) is 0 Å². The summed E-state index contributed by atoms with van der Waals surface area (Å²) in [5.74, 6) is -3.12. The van der Waals surface area contributed by atoms with Crippen molar-refractivity contribution in [2.24, 2.45) is 0 Å². The molecule has 0 aromatic heterocycles. The Kier molecular flexibility index (Phi) is 41.2. The minimum Gasteiger partial charge on any atom is -0.479 e. The van der Waals surface area contributed by atoms with E-state index in [2.05, 4.69) is 45.1 Å². The van der Waals surface area contributed by atoms with Gasteiger partial charge >= 0.3 is 23.9 Å². The molecule has 1 aliphatic heterocycles. The molecule has 0 radical (unpaired) electrons. The molecule has 1 aliphatic rings. The van der Waals surface area contributed by atoms with Crippen LogP contribution in [0.5, 0.6) is 0 Å². The van der Waals surface area contributed by atoms with E-state index in [0.29, 0.717) is 19.3 Å². The van der Waals surface area contributed by atoms with Gasteiger partial charge in [0, 0.05) is 19.3 Å². The highest BCUT2D eigenvalue weighted by atomic mass is 16.7. The second-order valence-electron chi connectivity index (χ2n) is 18.9. The molecule has 1 rings (SSSR count). The van der Waals surface area contributed by atoms with Gasteiger partial charge in [0.05, 0.1) is 6.61 Å². The van der Waals surface area contributed by atoms with Crippen molar-refractivity contribution in [2.75, 3.05) is 13.2 Å². The highest BCUT2D eigenvalue weighted by Gasteiger charge is 2.50. The van der Waals surface area contributed by atoms with Gasteiger partial charge in [-0.1, -0.05) is 186 Å². The van der Waals surface area contributed by atoms with Crippen LogP contribution in [0, 0.1) is 0 Å². The fourth-order valence-corrected chi connectivity index (χ4v) is 8.24. The van der Waals surface area contributed by atoms with E-state index in [9.17, 15) is 34.5 Å². The fourth-order valence-electron chi connectivity index (χ4n) is 8.24. The van der Waals surface area contributed by atoms with Crippen LogP contribution in [0.2, 0.25) is 0 Å². The molecule has 12 heteroatoms. The van der Waals surface area contributed by atoms with Gasteiger partial charge in [0.2, 0.25) is 0 Å². The average molecular weight is 951 g/mol. The average Bonchev–Trinajstić information content (AvgIpc) is 3.31. The maximum absolute atomic E-state index is 13.1. The Labute approximate surface area is 407 Å². The van der Waals surface area contributed by atoms with Gasteiger partial charge in [-0.2, -0.15) is 0 Å². The summed E-state index contributed by atoms with van der Waals surface area (Å²) < 4.78 is 28.3. The van der Waals surface area contributed by atoms with E-state index in [4.69, 9.17) is 23.7 Å². The smallest absolute Gasteiger partial charge is 0.335 e. The third kappa shape index (κ3) is 35.0. The third-order valence-corrected chi connectivity index (χ3v) is 12.5. The quantitative estimate of drug-likeness (QED) is 0.0228. The van der Waals surface area contributed by atoms with Gasteiger partial charge in [-0.15, -0.1) is 0 Å². The van der Waals surface area contributed by atoms with Crippen molar-refractivity contribution in [2.45, 2.75) is 289 Å². The molecule has 0 aromatic rings. The van der Waals surface area contributed by atoms with Gasteiger partial charge < -0.3 is 39.0 Å². The van der Waals surface area contributed by atoms with E-state index < -0.39 is 67.3 Å². The van der Waals surface area contributed by atoms with Crippen molar-refractivity contribution in [3.8, 4) is 0 Å². The van der Waals surface area contributed by atoms with E-state index >= 15 is 0 Å². The van der Waals surface area contributed by atoms with Gasteiger partial charge in [-0.05, 0) is 70.6 Å². The lowest BCUT2D eigenvalue weighted by Gasteiger charge is -2.40. The van der Waals surface area contributed by atoms with Crippen molar-refractivity contribution in [3.05, 3.63) is 24.3 Å². The van der Waals surface area contributed by atoms with Crippen LogP contribution in [0.25, 0.3) is 0 Å². The number of unbranched alkanes of at least 4 members (excludes halogenated alkanes) is 28. The monoisotopic (exact) mass is 951 g/mol. The lowest BCUT2D eigenvalue weighted by molar-refractivity contribution is -0.301. The topological polar surface area (TPSA) is 175 Å². The van der Waals surface area contributed by atoms with Crippen molar-refractivity contribution in [1.29, 1.82) is 0 Å². The maximum atomic E-state index is 13.1. The van der Waals surface area contributed by atoms with E-state index in [0.717, 1.165) is 103 Å². The molecule has 390 valence electrons. The van der Waals surface area contributed by atoms with E-state index in [1.54, 1.807) is 0 Å². The summed E-state index contributed by atoms with van der Waals surface area (Å²) in [5.41, 5.74) is 0. The molecule has 0 amide bonds. The minimum absolute atomic E-state index is 0.0629. The van der Waals surface area contributed by atoms with Crippen molar-refractivity contribution >= 4 is 23.9 Å². The zero-order valence-electron chi connectivity index (χ0n) is 42.7. The van der Waals surface area contributed by atoms with Crippen LogP contribution in [-0.2, 0) is 42.9 Å².